The van der Waals surface area contributed by atoms with Crippen LogP contribution >= 0.6 is 0 Å². The lowest BCUT2D eigenvalue weighted by atomic mass is 10.4. The maximum atomic E-state index is 11.9. The van der Waals surface area contributed by atoms with Crippen LogP contribution in [0.1, 0.15) is 27.7 Å². The van der Waals surface area contributed by atoms with Crippen LogP contribution in [-0.4, -0.2) is 21.9 Å². The fourth-order valence-electron chi connectivity index (χ4n) is 2.38. The summed E-state index contributed by atoms with van der Waals surface area (Å²) in [6, 6.07) is 3.61. The monoisotopic (exact) mass is 256 g/mol. The Hall–Kier alpha value is -0.156. The van der Waals surface area contributed by atoms with Gasteiger partial charge in [-0.2, -0.15) is 0 Å². The molecule has 3 heteroatoms. The van der Waals surface area contributed by atoms with Gasteiger partial charge in [0.15, 0.2) is 5.78 Å². The fourth-order valence-corrected chi connectivity index (χ4v) is 9.37. The molecule has 0 bridgehead atoms. The third kappa shape index (κ3) is 4.02. The van der Waals surface area contributed by atoms with Crippen LogP contribution in [0.5, 0.6) is 0 Å². The van der Waals surface area contributed by atoms with E-state index in [0.29, 0.717) is 5.78 Å². The molecule has 0 heterocycles. The highest BCUT2D eigenvalue weighted by molar-refractivity contribution is 6.93. The van der Waals surface area contributed by atoms with E-state index in [1.165, 1.54) is 23.3 Å². The molecule has 0 aliphatic heterocycles. The van der Waals surface area contributed by atoms with E-state index in [1.54, 1.807) is 6.92 Å². The Morgan fingerprint density at radius 1 is 1.00 bits per heavy atom. The average Bonchev–Trinajstić information content (AvgIpc) is 2.17. The Labute approximate surface area is 103 Å². The lowest BCUT2D eigenvalue weighted by Crippen LogP contribution is -2.39. The Kier molecular flexibility index (Phi) is 5.90. The Balaban J connectivity index is 5.51. The molecule has 0 saturated carbocycles. The van der Waals surface area contributed by atoms with E-state index >= 15 is 0 Å². The van der Waals surface area contributed by atoms with Gasteiger partial charge in [-0.25, -0.2) is 0 Å². The second-order valence-corrected chi connectivity index (χ2v) is 16.1. The highest BCUT2D eigenvalue weighted by atomic mass is 28.3. The zero-order chi connectivity index (χ0) is 13.0. The van der Waals surface area contributed by atoms with Gasteiger partial charge in [0.25, 0.3) is 0 Å². The van der Waals surface area contributed by atoms with E-state index in [2.05, 4.69) is 46.1 Å². The number of carbonyl (C=O) groups is 1. The fraction of sp³-hybridized carbons (Fsp3) is 0.769. The summed E-state index contributed by atoms with van der Waals surface area (Å²) < 4.78 is 0. The third-order valence-electron chi connectivity index (χ3n) is 3.56. The molecule has 16 heavy (non-hydrogen) atoms. The summed E-state index contributed by atoms with van der Waals surface area (Å²) in [7, 11) is -2.76. The first-order valence-electron chi connectivity index (χ1n) is 6.46. The van der Waals surface area contributed by atoms with Crippen molar-refractivity contribution in [1.82, 2.24) is 0 Å². The van der Waals surface area contributed by atoms with Crippen molar-refractivity contribution in [2.45, 2.75) is 65.5 Å². The standard InChI is InChI=1S/C13H28OSi2/c1-8-16(9-2,10-3)13(12(4)14)11-15(5,6)7/h11H,8-10H2,1-7H3. The molecule has 0 aromatic rings. The van der Waals surface area contributed by atoms with Crippen molar-refractivity contribution in [3.63, 3.8) is 0 Å². The molecule has 0 radical (unpaired) electrons. The molecule has 0 atom stereocenters. The van der Waals surface area contributed by atoms with Crippen LogP contribution in [0.25, 0.3) is 0 Å². The molecule has 0 rings (SSSR count). The average molecular weight is 257 g/mol. The summed E-state index contributed by atoms with van der Waals surface area (Å²) in [4.78, 5) is 11.9. The zero-order valence-corrected chi connectivity index (χ0v) is 14.1. The van der Waals surface area contributed by atoms with Crippen LogP contribution in [0.2, 0.25) is 37.8 Å². The molecule has 0 unspecified atom stereocenters. The molecule has 0 fully saturated rings. The Morgan fingerprint density at radius 3 is 1.56 bits per heavy atom. The predicted octanol–water partition coefficient (Wildman–Crippen LogP) is 4.43. The molecule has 0 aliphatic rings. The second-order valence-electron chi connectivity index (χ2n) is 5.82. The van der Waals surface area contributed by atoms with Gasteiger partial charge < -0.3 is 0 Å². The van der Waals surface area contributed by atoms with Gasteiger partial charge in [0.2, 0.25) is 0 Å². The predicted molar refractivity (Wildman–Crippen MR) is 79.3 cm³/mol. The molecule has 0 aromatic carbocycles. The van der Waals surface area contributed by atoms with E-state index < -0.39 is 16.1 Å². The largest absolute Gasteiger partial charge is 0.295 e. The number of Topliss-reactive ketones (excluding diaryl/α,β-unsaturated/α-hetero) is 1. The maximum Gasteiger partial charge on any atom is 0.151 e. The lowest BCUT2D eigenvalue weighted by molar-refractivity contribution is -0.113. The summed E-state index contributed by atoms with van der Waals surface area (Å²) >= 11 is 0. The molecule has 0 amide bonds. The summed E-state index contributed by atoms with van der Waals surface area (Å²) in [6.07, 6.45) is 0. The van der Waals surface area contributed by atoms with Crippen molar-refractivity contribution in [1.29, 1.82) is 0 Å². The minimum absolute atomic E-state index is 0.333. The van der Waals surface area contributed by atoms with E-state index in [1.807, 2.05) is 0 Å². The topological polar surface area (TPSA) is 17.1 Å². The van der Waals surface area contributed by atoms with Gasteiger partial charge in [-0.05, 0) is 12.1 Å². The van der Waals surface area contributed by atoms with Crippen molar-refractivity contribution in [2.75, 3.05) is 0 Å². The van der Waals surface area contributed by atoms with Crippen molar-refractivity contribution in [3.8, 4) is 0 Å². The van der Waals surface area contributed by atoms with Crippen molar-refractivity contribution < 1.29 is 4.79 Å². The number of allylic oxidation sites excluding steroid dienone is 1. The number of hydrogen-bond acceptors (Lipinski definition) is 1. The van der Waals surface area contributed by atoms with Crippen LogP contribution in [0.4, 0.5) is 0 Å². The third-order valence-corrected chi connectivity index (χ3v) is 10.7. The molecule has 0 N–H and O–H groups in total. The van der Waals surface area contributed by atoms with Gasteiger partial charge in [-0.3, -0.25) is 4.79 Å². The van der Waals surface area contributed by atoms with E-state index in [0.717, 1.165) is 0 Å². The highest BCUT2D eigenvalue weighted by Gasteiger charge is 2.34. The van der Waals surface area contributed by atoms with Crippen molar-refractivity contribution >= 4 is 21.9 Å². The van der Waals surface area contributed by atoms with E-state index in [4.69, 9.17) is 0 Å². The molecule has 0 aromatic heterocycles. The second kappa shape index (κ2) is 5.96. The molecule has 0 spiro atoms. The van der Waals surface area contributed by atoms with Crippen molar-refractivity contribution in [3.05, 3.63) is 10.9 Å². The van der Waals surface area contributed by atoms with E-state index in [-0.39, 0.29) is 0 Å². The van der Waals surface area contributed by atoms with Crippen LogP contribution in [0.3, 0.4) is 0 Å². The van der Waals surface area contributed by atoms with Gasteiger partial charge in [-0.1, -0.05) is 64.2 Å². The lowest BCUT2D eigenvalue weighted by Gasteiger charge is -2.31. The smallest absolute Gasteiger partial charge is 0.151 e. The Morgan fingerprint density at radius 2 is 1.38 bits per heavy atom. The Bertz CT molecular complexity index is 262. The van der Waals surface area contributed by atoms with Crippen LogP contribution < -0.4 is 0 Å². The van der Waals surface area contributed by atoms with Gasteiger partial charge >= 0.3 is 0 Å². The number of ketones is 1. The molecule has 0 saturated heterocycles. The normalized spacial score (nSPS) is 14.1. The zero-order valence-electron chi connectivity index (χ0n) is 12.1. The van der Waals surface area contributed by atoms with Gasteiger partial charge in [-0.15, -0.1) is 0 Å². The quantitative estimate of drug-likeness (QED) is 0.508. The minimum atomic E-state index is -1.47. The first kappa shape index (κ1) is 15.8. The van der Waals surface area contributed by atoms with Crippen molar-refractivity contribution in [2.24, 2.45) is 0 Å². The molecule has 0 aliphatic carbocycles. The molecular weight excluding hydrogens is 228 g/mol. The van der Waals surface area contributed by atoms with E-state index in [9.17, 15) is 4.79 Å². The first-order chi connectivity index (χ1) is 7.22. The number of rotatable bonds is 6. The SMILES string of the molecule is CC[Si](CC)(CC)C(=C[Si](C)(C)C)C(C)=O. The minimum Gasteiger partial charge on any atom is -0.295 e. The van der Waals surface area contributed by atoms with Gasteiger partial charge in [0.05, 0.1) is 16.1 Å². The van der Waals surface area contributed by atoms with Crippen LogP contribution in [0, 0.1) is 0 Å². The molecule has 1 nitrogen and oxygen atoms in total. The summed E-state index contributed by atoms with van der Waals surface area (Å²) in [5, 5.41) is 1.24. The summed E-state index contributed by atoms with van der Waals surface area (Å²) in [5.41, 5.74) is 2.37. The van der Waals surface area contributed by atoms with Gasteiger partial charge in [0, 0.05) is 0 Å². The number of hydrogen-bond donors (Lipinski definition) is 0. The van der Waals surface area contributed by atoms with Crippen LogP contribution in [-0.2, 0) is 4.79 Å². The maximum absolute atomic E-state index is 11.9. The van der Waals surface area contributed by atoms with Gasteiger partial charge in [0.1, 0.15) is 0 Å². The summed E-state index contributed by atoms with van der Waals surface area (Å²) in [6.45, 7) is 15.5. The first-order valence-corrected chi connectivity index (χ1v) is 12.7. The molecular formula is C13H28OSi2. The number of carbonyl (C=O) groups excluding carboxylic acids is 1. The van der Waals surface area contributed by atoms with Crippen LogP contribution in [0.15, 0.2) is 10.9 Å². The molecule has 94 valence electrons. The highest BCUT2D eigenvalue weighted by Crippen LogP contribution is 2.30. The summed E-state index contributed by atoms with van der Waals surface area (Å²) in [5.74, 6) is 0.333.